The molecule has 2 saturated carbocycles. The summed E-state index contributed by atoms with van der Waals surface area (Å²) in [4.78, 5) is 19.7. The van der Waals surface area contributed by atoms with E-state index in [4.69, 9.17) is 0 Å². The fraction of sp³-hybridized carbons (Fsp3) is 0.538. The third-order valence-corrected chi connectivity index (χ3v) is 8.00. The number of carbonyl (C=O) groups excluding carboxylic acids is 1. The molecule has 4 nitrogen and oxygen atoms in total. The minimum atomic E-state index is -4.43. The molecule has 1 N–H and O–H groups in total. The number of carbonyl (C=O) groups is 1. The van der Waals surface area contributed by atoms with Crippen LogP contribution in [0.25, 0.3) is 0 Å². The second-order valence-corrected chi connectivity index (χ2v) is 9.99. The number of pyridine rings is 1. The minimum absolute atomic E-state index is 0.129. The summed E-state index contributed by atoms with van der Waals surface area (Å²) in [6.07, 6.45) is 1.73. The van der Waals surface area contributed by atoms with E-state index in [9.17, 15) is 18.0 Å². The number of benzene rings is 1. The van der Waals surface area contributed by atoms with Gasteiger partial charge in [-0.25, -0.2) is 0 Å². The highest BCUT2D eigenvalue weighted by molar-refractivity contribution is 5.84. The highest BCUT2D eigenvalue weighted by atomic mass is 19.4. The molecule has 5 rings (SSSR count). The maximum absolute atomic E-state index is 13.9. The van der Waals surface area contributed by atoms with E-state index in [1.54, 1.807) is 4.90 Å². The molecule has 1 amide bonds. The van der Waals surface area contributed by atoms with Gasteiger partial charge in [0.05, 0.1) is 11.0 Å². The van der Waals surface area contributed by atoms with Gasteiger partial charge in [0.1, 0.15) is 0 Å². The molecule has 3 unspecified atom stereocenters. The van der Waals surface area contributed by atoms with E-state index in [0.29, 0.717) is 30.1 Å². The minimum Gasteiger partial charge on any atom is -0.337 e. The summed E-state index contributed by atoms with van der Waals surface area (Å²) >= 11 is 0. The van der Waals surface area contributed by atoms with Gasteiger partial charge < -0.3 is 10.2 Å². The predicted molar refractivity (Wildman–Crippen MR) is 119 cm³/mol. The number of hydrogen-bond donors (Lipinski definition) is 1. The Morgan fingerprint density at radius 2 is 2.06 bits per heavy atom. The Hall–Kier alpha value is -2.41. The average Bonchev–Trinajstić information content (AvgIpc) is 3.35. The van der Waals surface area contributed by atoms with Crippen LogP contribution in [0.4, 0.5) is 13.2 Å². The normalized spacial score (nSPS) is 27.8. The predicted octanol–water partition coefficient (Wildman–Crippen LogP) is 5.28. The van der Waals surface area contributed by atoms with Crippen molar-refractivity contribution in [3.05, 3.63) is 65.0 Å². The molecule has 176 valence electrons. The van der Waals surface area contributed by atoms with Crippen LogP contribution in [-0.2, 0) is 23.9 Å². The number of hydrogen-bond acceptors (Lipinski definition) is 3. The summed E-state index contributed by atoms with van der Waals surface area (Å²) in [6, 6.07) is 12.0. The van der Waals surface area contributed by atoms with Crippen LogP contribution in [0.2, 0.25) is 0 Å². The highest BCUT2D eigenvalue weighted by Gasteiger charge is 2.56. The number of nitrogens with one attached hydrogen (secondary N) is 1. The van der Waals surface area contributed by atoms with Crippen molar-refractivity contribution in [2.24, 2.45) is 11.3 Å². The molecule has 2 fully saturated rings. The third-order valence-electron chi connectivity index (χ3n) is 8.00. The Balaban J connectivity index is 1.32. The van der Waals surface area contributed by atoms with E-state index >= 15 is 0 Å². The van der Waals surface area contributed by atoms with Crippen LogP contribution in [0.3, 0.4) is 0 Å². The molecular weight excluding hydrogens is 427 g/mol. The number of alkyl halides is 3. The van der Waals surface area contributed by atoms with E-state index in [2.05, 4.69) is 29.4 Å². The summed E-state index contributed by atoms with van der Waals surface area (Å²) < 4.78 is 39.5. The second-order valence-electron chi connectivity index (χ2n) is 9.99. The van der Waals surface area contributed by atoms with Crippen LogP contribution >= 0.6 is 0 Å². The lowest BCUT2D eigenvalue weighted by atomic mass is 9.78. The molecule has 0 radical (unpaired) electrons. The lowest BCUT2D eigenvalue weighted by Gasteiger charge is -2.37. The van der Waals surface area contributed by atoms with Crippen LogP contribution in [0.1, 0.15) is 67.5 Å². The van der Waals surface area contributed by atoms with Gasteiger partial charge in [0, 0.05) is 43.5 Å². The summed E-state index contributed by atoms with van der Waals surface area (Å²) in [7, 11) is 0. The summed E-state index contributed by atoms with van der Waals surface area (Å²) in [5, 5.41) is 3.74. The maximum atomic E-state index is 13.9. The van der Waals surface area contributed by atoms with E-state index in [-0.39, 0.29) is 30.0 Å². The van der Waals surface area contributed by atoms with Crippen molar-refractivity contribution in [1.82, 2.24) is 15.2 Å². The molecule has 0 saturated heterocycles. The van der Waals surface area contributed by atoms with Crippen molar-refractivity contribution in [3.8, 4) is 0 Å². The van der Waals surface area contributed by atoms with Gasteiger partial charge in [-0.2, -0.15) is 13.2 Å². The van der Waals surface area contributed by atoms with Crippen molar-refractivity contribution < 1.29 is 18.0 Å². The zero-order chi connectivity index (χ0) is 23.2. The summed E-state index contributed by atoms with van der Waals surface area (Å²) in [5.41, 5.74) is 1.31. The Bertz CT molecular complexity index is 1030. The number of amides is 1. The first-order valence-corrected chi connectivity index (χ1v) is 11.9. The lowest BCUT2D eigenvalue weighted by Crippen LogP contribution is -2.47. The third kappa shape index (κ3) is 4.16. The van der Waals surface area contributed by atoms with Crippen molar-refractivity contribution >= 4 is 5.91 Å². The van der Waals surface area contributed by atoms with Crippen LogP contribution in [0, 0.1) is 11.3 Å². The molecule has 2 heterocycles. The molecule has 4 atom stereocenters. The van der Waals surface area contributed by atoms with Gasteiger partial charge in [-0.15, -0.1) is 0 Å². The van der Waals surface area contributed by atoms with Gasteiger partial charge in [-0.3, -0.25) is 9.78 Å². The quantitative estimate of drug-likeness (QED) is 0.679. The molecule has 0 spiro atoms. The second kappa shape index (κ2) is 8.42. The van der Waals surface area contributed by atoms with Gasteiger partial charge >= 0.3 is 6.18 Å². The number of nitrogens with zero attached hydrogens (tertiary/aromatic N) is 2. The maximum Gasteiger partial charge on any atom is 0.417 e. The molecule has 7 heteroatoms. The van der Waals surface area contributed by atoms with Gasteiger partial charge in [0.15, 0.2) is 0 Å². The molecule has 0 bridgehead atoms. The van der Waals surface area contributed by atoms with Crippen LogP contribution in [-0.4, -0.2) is 28.4 Å². The van der Waals surface area contributed by atoms with Crippen LogP contribution in [0.15, 0.2) is 42.6 Å². The smallest absolute Gasteiger partial charge is 0.337 e. The van der Waals surface area contributed by atoms with E-state index in [1.807, 2.05) is 18.2 Å². The standard InChI is InChI=1S/C26H30F3N3O/c1-17(18-6-3-2-4-7-18)31-22-13-20-8-5-10-25(20,14-22)24(33)32-11-9-23-19(16-32)12-21(15-30-23)26(27,28)29/h2-4,6-7,12,15,17,20,22,31H,5,8-11,13-14,16H2,1H3/t17-,20?,22?,25?/m0/s1. The van der Waals surface area contributed by atoms with Gasteiger partial charge in [-0.1, -0.05) is 36.8 Å². The van der Waals surface area contributed by atoms with Crippen molar-refractivity contribution in [2.45, 2.75) is 70.3 Å². The molecule has 1 aromatic heterocycles. The van der Waals surface area contributed by atoms with Gasteiger partial charge in [0.2, 0.25) is 5.91 Å². The zero-order valence-corrected chi connectivity index (χ0v) is 18.9. The number of halogens is 3. The molecule has 3 aliphatic rings. The average molecular weight is 458 g/mol. The molecule has 2 aliphatic carbocycles. The van der Waals surface area contributed by atoms with Crippen molar-refractivity contribution in [1.29, 1.82) is 0 Å². The Morgan fingerprint density at radius 1 is 1.27 bits per heavy atom. The van der Waals surface area contributed by atoms with Gasteiger partial charge in [-0.05, 0) is 55.7 Å². The lowest BCUT2D eigenvalue weighted by molar-refractivity contribution is -0.144. The topological polar surface area (TPSA) is 45.2 Å². The number of rotatable bonds is 4. The first-order chi connectivity index (χ1) is 15.8. The largest absolute Gasteiger partial charge is 0.417 e. The summed E-state index contributed by atoms with van der Waals surface area (Å²) in [6.45, 7) is 2.90. The van der Waals surface area contributed by atoms with Crippen LogP contribution < -0.4 is 5.32 Å². The first kappa shape index (κ1) is 22.4. The van der Waals surface area contributed by atoms with E-state index in [0.717, 1.165) is 38.3 Å². The Morgan fingerprint density at radius 3 is 2.82 bits per heavy atom. The van der Waals surface area contributed by atoms with Gasteiger partial charge in [0.25, 0.3) is 0 Å². The number of aromatic nitrogens is 1. The molecule has 33 heavy (non-hydrogen) atoms. The first-order valence-electron chi connectivity index (χ1n) is 11.9. The van der Waals surface area contributed by atoms with E-state index in [1.165, 1.54) is 11.6 Å². The molecule has 2 aromatic rings. The molecular formula is C26H30F3N3O. The molecule has 1 aromatic carbocycles. The monoisotopic (exact) mass is 457 g/mol. The summed E-state index contributed by atoms with van der Waals surface area (Å²) in [5.74, 6) is 0.469. The van der Waals surface area contributed by atoms with Crippen molar-refractivity contribution in [2.75, 3.05) is 6.54 Å². The zero-order valence-electron chi connectivity index (χ0n) is 18.9. The van der Waals surface area contributed by atoms with E-state index < -0.39 is 11.7 Å². The van der Waals surface area contributed by atoms with Crippen molar-refractivity contribution in [3.63, 3.8) is 0 Å². The SMILES string of the molecule is C[C@H](NC1CC2CCCC2(C(=O)N2CCc3ncc(C(F)(F)F)cc3C2)C1)c1ccccc1. The van der Waals surface area contributed by atoms with Crippen LogP contribution in [0.5, 0.6) is 0 Å². The fourth-order valence-corrected chi connectivity index (χ4v) is 6.38. The number of fused-ring (bicyclic) bond motifs is 2. The highest BCUT2D eigenvalue weighted by Crippen LogP contribution is 2.55. The Labute approximate surface area is 192 Å². The fourth-order valence-electron chi connectivity index (χ4n) is 6.38. The Kier molecular flexibility index (Phi) is 5.71. The molecule has 1 aliphatic heterocycles.